The first-order valence-electron chi connectivity index (χ1n) is 7.98. The van der Waals surface area contributed by atoms with Gasteiger partial charge in [0.25, 0.3) is 0 Å². The molecule has 0 radical (unpaired) electrons. The second kappa shape index (κ2) is 8.16. The summed E-state index contributed by atoms with van der Waals surface area (Å²) in [7, 11) is 0. The van der Waals surface area contributed by atoms with Crippen molar-refractivity contribution < 1.29 is 9.53 Å². The van der Waals surface area contributed by atoms with E-state index in [1.807, 2.05) is 48.5 Å². The monoisotopic (exact) mass is 337 g/mol. The van der Waals surface area contributed by atoms with E-state index in [0.29, 0.717) is 24.7 Å². The molecule has 0 spiro atoms. The van der Waals surface area contributed by atoms with Gasteiger partial charge < -0.3 is 4.74 Å². The molecule has 0 aliphatic carbocycles. The summed E-state index contributed by atoms with van der Waals surface area (Å²) in [4.78, 5) is 20.6. The quantitative estimate of drug-likeness (QED) is 0.691. The van der Waals surface area contributed by atoms with Gasteiger partial charge in [-0.05, 0) is 17.7 Å². The molecule has 1 atom stereocenters. The van der Waals surface area contributed by atoms with E-state index in [2.05, 4.69) is 25.5 Å². The zero-order valence-electron chi connectivity index (χ0n) is 13.8. The standard InChI is InChI=1S/C18H19N5O2/c1-13(11-25-12-14-7-3-2-4-8-14)17(24)21-18-20-16(22-23-18)15-9-5-6-10-19-15/h2-10,13H,11-12H2,1H3,(H2,20,21,22,23,24)/t13-/m0/s1. The fraction of sp³-hybridized carbons (Fsp3) is 0.222. The number of hydrogen-bond donors (Lipinski definition) is 2. The highest BCUT2D eigenvalue weighted by Gasteiger charge is 2.16. The Morgan fingerprint density at radius 2 is 2.00 bits per heavy atom. The predicted octanol–water partition coefficient (Wildman–Crippen LogP) is 2.66. The van der Waals surface area contributed by atoms with Gasteiger partial charge in [0.2, 0.25) is 11.9 Å². The number of H-pyrrole nitrogens is 1. The number of anilines is 1. The molecule has 0 fully saturated rings. The second-order valence-electron chi connectivity index (χ2n) is 5.61. The first kappa shape index (κ1) is 16.8. The third-order valence-corrected chi connectivity index (χ3v) is 3.55. The molecule has 0 saturated carbocycles. The molecule has 2 heterocycles. The van der Waals surface area contributed by atoms with Crippen LogP contribution in [0.4, 0.5) is 5.95 Å². The lowest BCUT2D eigenvalue weighted by molar-refractivity contribution is -0.121. The zero-order chi connectivity index (χ0) is 17.5. The van der Waals surface area contributed by atoms with Crippen LogP contribution in [0, 0.1) is 5.92 Å². The molecule has 1 aromatic carbocycles. The number of aromatic nitrogens is 4. The molecule has 0 bridgehead atoms. The highest BCUT2D eigenvalue weighted by molar-refractivity contribution is 5.90. The Kier molecular flexibility index (Phi) is 5.48. The summed E-state index contributed by atoms with van der Waals surface area (Å²) in [5, 5.41) is 9.44. The summed E-state index contributed by atoms with van der Waals surface area (Å²) < 4.78 is 5.60. The Hall–Kier alpha value is -3.06. The summed E-state index contributed by atoms with van der Waals surface area (Å²) >= 11 is 0. The van der Waals surface area contributed by atoms with Gasteiger partial charge in [0.05, 0.1) is 19.1 Å². The van der Waals surface area contributed by atoms with Gasteiger partial charge in [-0.2, -0.15) is 4.98 Å². The highest BCUT2D eigenvalue weighted by Crippen LogP contribution is 2.13. The van der Waals surface area contributed by atoms with Crippen molar-refractivity contribution in [1.82, 2.24) is 20.2 Å². The molecule has 128 valence electrons. The van der Waals surface area contributed by atoms with Gasteiger partial charge in [0, 0.05) is 6.20 Å². The van der Waals surface area contributed by atoms with Crippen molar-refractivity contribution in [3.8, 4) is 11.5 Å². The number of hydrogen-bond acceptors (Lipinski definition) is 5. The molecule has 3 rings (SSSR count). The third-order valence-electron chi connectivity index (χ3n) is 3.55. The second-order valence-corrected chi connectivity index (χ2v) is 5.61. The van der Waals surface area contributed by atoms with E-state index in [9.17, 15) is 4.79 Å². The van der Waals surface area contributed by atoms with Crippen LogP contribution in [0.2, 0.25) is 0 Å². The molecule has 0 aliphatic rings. The van der Waals surface area contributed by atoms with Crippen LogP contribution in [0.25, 0.3) is 11.5 Å². The smallest absolute Gasteiger partial charge is 0.249 e. The van der Waals surface area contributed by atoms with Gasteiger partial charge in [-0.25, -0.2) is 0 Å². The number of pyridine rings is 1. The number of nitrogens with zero attached hydrogens (tertiary/aromatic N) is 3. The van der Waals surface area contributed by atoms with Crippen molar-refractivity contribution in [1.29, 1.82) is 0 Å². The van der Waals surface area contributed by atoms with E-state index < -0.39 is 0 Å². The number of carbonyl (C=O) groups is 1. The number of benzene rings is 1. The number of ether oxygens (including phenoxy) is 1. The molecule has 2 N–H and O–H groups in total. The number of amides is 1. The van der Waals surface area contributed by atoms with Crippen LogP contribution in [0.1, 0.15) is 12.5 Å². The van der Waals surface area contributed by atoms with Crippen LogP contribution in [0.5, 0.6) is 0 Å². The van der Waals surface area contributed by atoms with E-state index in [4.69, 9.17) is 4.74 Å². The molecule has 0 aliphatic heterocycles. The lowest BCUT2D eigenvalue weighted by Crippen LogP contribution is -2.24. The van der Waals surface area contributed by atoms with E-state index in [0.717, 1.165) is 5.56 Å². The maximum atomic E-state index is 12.2. The van der Waals surface area contributed by atoms with Gasteiger partial charge in [-0.3, -0.25) is 20.2 Å². The molecule has 7 nitrogen and oxygen atoms in total. The molecule has 25 heavy (non-hydrogen) atoms. The van der Waals surface area contributed by atoms with Crippen molar-refractivity contribution in [2.45, 2.75) is 13.5 Å². The topological polar surface area (TPSA) is 92.8 Å². The molecular weight excluding hydrogens is 318 g/mol. The SMILES string of the molecule is C[C@@H](COCc1ccccc1)C(=O)Nc1n[nH]c(-c2ccccn2)n1. The normalized spacial score (nSPS) is 11.9. The summed E-state index contributed by atoms with van der Waals surface area (Å²) in [6.07, 6.45) is 1.67. The van der Waals surface area contributed by atoms with Gasteiger partial charge in [-0.1, -0.05) is 43.3 Å². The molecular formula is C18H19N5O2. The van der Waals surface area contributed by atoms with Crippen LogP contribution in [0.15, 0.2) is 54.7 Å². The van der Waals surface area contributed by atoms with Crippen molar-refractivity contribution in [2.75, 3.05) is 11.9 Å². The Labute approximate surface area is 145 Å². The number of nitrogens with one attached hydrogen (secondary N) is 2. The zero-order valence-corrected chi connectivity index (χ0v) is 13.8. The van der Waals surface area contributed by atoms with Gasteiger partial charge in [-0.15, -0.1) is 5.10 Å². The van der Waals surface area contributed by atoms with Gasteiger partial charge in [0.15, 0.2) is 5.82 Å². The summed E-state index contributed by atoms with van der Waals surface area (Å²) in [5.74, 6) is 0.213. The lowest BCUT2D eigenvalue weighted by Gasteiger charge is -2.11. The van der Waals surface area contributed by atoms with E-state index >= 15 is 0 Å². The molecule has 0 saturated heterocycles. The number of carbonyl (C=O) groups excluding carboxylic acids is 1. The summed E-state index contributed by atoms with van der Waals surface area (Å²) in [6.45, 7) is 2.59. The molecule has 0 unspecified atom stereocenters. The minimum absolute atomic E-state index is 0.195. The molecule has 1 amide bonds. The first-order chi connectivity index (χ1) is 12.2. The van der Waals surface area contributed by atoms with Crippen molar-refractivity contribution >= 4 is 11.9 Å². The Morgan fingerprint density at radius 1 is 1.20 bits per heavy atom. The highest BCUT2D eigenvalue weighted by atomic mass is 16.5. The maximum absolute atomic E-state index is 12.2. The minimum atomic E-state index is -0.319. The fourth-order valence-corrected chi connectivity index (χ4v) is 2.17. The number of rotatable bonds is 7. The van der Waals surface area contributed by atoms with Crippen molar-refractivity contribution in [2.24, 2.45) is 5.92 Å². The fourth-order valence-electron chi connectivity index (χ4n) is 2.17. The van der Waals surface area contributed by atoms with E-state index in [1.54, 1.807) is 13.1 Å². The van der Waals surface area contributed by atoms with Crippen LogP contribution in [-0.2, 0) is 16.1 Å². The van der Waals surface area contributed by atoms with Crippen molar-refractivity contribution in [3.05, 3.63) is 60.3 Å². The van der Waals surface area contributed by atoms with Crippen LogP contribution >= 0.6 is 0 Å². The first-order valence-corrected chi connectivity index (χ1v) is 7.98. The third kappa shape index (κ3) is 4.71. The predicted molar refractivity (Wildman–Crippen MR) is 93.5 cm³/mol. The van der Waals surface area contributed by atoms with Crippen LogP contribution in [0.3, 0.4) is 0 Å². The van der Waals surface area contributed by atoms with E-state index in [1.165, 1.54) is 0 Å². The lowest BCUT2D eigenvalue weighted by atomic mass is 10.2. The average molecular weight is 337 g/mol. The molecule has 2 aromatic heterocycles. The maximum Gasteiger partial charge on any atom is 0.249 e. The van der Waals surface area contributed by atoms with Crippen LogP contribution in [-0.4, -0.2) is 32.7 Å². The molecule has 7 heteroatoms. The Bertz CT molecular complexity index is 805. The largest absolute Gasteiger partial charge is 0.376 e. The molecule has 3 aromatic rings. The van der Waals surface area contributed by atoms with Gasteiger partial charge >= 0.3 is 0 Å². The Balaban J connectivity index is 1.49. The summed E-state index contributed by atoms with van der Waals surface area (Å²) in [5.41, 5.74) is 1.74. The van der Waals surface area contributed by atoms with Crippen LogP contribution < -0.4 is 5.32 Å². The Morgan fingerprint density at radius 3 is 2.76 bits per heavy atom. The average Bonchev–Trinajstić information content (AvgIpc) is 3.12. The minimum Gasteiger partial charge on any atom is -0.376 e. The van der Waals surface area contributed by atoms with E-state index in [-0.39, 0.29) is 17.8 Å². The summed E-state index contributed by atoms with van der Waals surface area (Å²) in [6, 6.07) is 15.3. The van der Waals surface area contributed by atoms with Gasteiger partial charge in [0.1, 0.15) is 5.69 Å². The van der Waals surface area contributed by atoms with Crippen molar-refractivity contribution in [3.63, 3.8) is 0 Å². The number of aromatic amines is 1.